The monoisotopic (exact) mass is 258 g/mol. The van der Waals surface area contributed by atoms with Crippen LogP contribution in [0.15, 0.2) is 22.8 Å². The van der Waals surface area contributed by atoms with Gasteiger partial charge in [0.05, 0.1) is 11.3 Å². The predicted molar refractivity (Wildman–Crippen MR) is 59.9 cm³/mol. The van der Waals surface area contributed by atoms with E-state index < -0.39 is 5.60 Å². The van der Waals surface area contributed by atoms with Crippen LogP contribution in [0.25, 0.3) is 0 Å². The van der Waals surface area contributed by atoms with Crippen molar-refractivity contribution in [2.45, 2.75) is 26.0 Å². The fourth-order valence-corrected chi connectivity index (χ4v) is 1.24. The lowest BCUT2D eigenvalue weighted by Crippen LogP contribution is -2.34. The van der Waals surface area contributed by atoms with Crippen LogP contribution in [0.5, 0.6) is 0 Å². The smallest absolute Gasteiger partial charge is 0.0715 e. The minimum atomic E-state index is -0.671. The Labute approximate surface area is 92.7 Å². The van der Waals surface area contributed by atoms with Gasteiger partial charge >= 0.3 is 0 Å². The van der Waals surface area contributed by atoms with Crippen LogP contribution in [0.1, 0.15) is 19.5 Å². The number of aromatic nitrogens is 1. The van der Waals surface area contributed by atoms with Crippen LogP contribution in [-0.4, -0.2) is 22.2 Å². The lowest BCUT2D eigenvalue weighted by atomic mass is 10.1. The van der Waals surface area contributed by atoms with Crippen molar-refractivity contribution in [2.75, 3.05) is 6.54 Å². The fourth-order valence-electron chi connectivity index (χ4n) is 1.01. The number of aliphatic hydroxyl groups is 1. The molecule has 14 heavy (non-hydrogen) atoms. The lowest BCUT2D eigenvalue weighted by Gasteiger charge is -2.17. The Balaban J connectivity index is 2.35. The van der Waals surface area contributed by atoms with Gasteiger partial charge in [-0.1, -0.05) is 0 Å². The molecule has 0 fully saturated rings. The normalized spacial score (nSPS) is 11.7. The molecular formula is C10H15BrN2O. The molecule has 3 nitrogen and oxygen atoms in total. The highest BCUT2D eigenvalue weighted by atomic mass is 79.9. The van der Waals surface area contributed by atoms with E-state index >= 15 is 0 Å². The van der Waals surface area contributed by atoms with Crippen molar-refractivity contribution in [1.29, 1.82) is 0 Å². The molecule has 0 saturated carbocycles. The summed E-state index contributed by atoms with van der Waals surface area (Å²) < 4.78 is 0.976. The predicted octanol–water partition coefficient (Wildman–Crippen LogP) is 1.70. The second-order valence-electron chi connectivity index (χ2n) is 3.88. The second kappa shape index (κ2) is 4.87. The fraction of sp³-hybridized carbons (Fsp3) is 0.500. The molecule has 1 heterocycles. The minimum Gasteiger partial charge on any atom is -0.389 e. The first-order valence-corrected chi connectivity index (χ1v) is 5.30. The van der Waals surface area contributed by atoms with Gasteiger partial charge in [0.25, 0.3) is 0 Å². The van der Waals surface area contributed by atoms with Gasteiger partial charge in [-0.15, -0.1) is 0 Å². The minimum absolute atomic E-state index is 0.560. The maximum Gasteiger partial charge on any atom is 0.0715 e. The molecule has 0 unspecified atom stereocenters. The van der Waals surface area contributed by atoms with Gasteiger partial charge < -0.3 is 10.4 Å². The van der Waals surface area contributed by atoms with Crippen LogP contribution in [0.3, 0.4) is 0 Å². The molecule has 0 radical (unpaired) electrons. The molecule has 0 spiro atoms. The third-order valence-electron chi connectivity index (χ3n) is 1.65. The Kier molecular flexibility index (Phi) is 4.04. The van der Waals surface area contributed by atoms with E-state index in [0.717, 1.165) is 10.2 Å². The summed E-state index contributed by atoms with van der Waals surface area (Å²) in [6, 6.07) is 3.90. The van der Waals surface area contributed by atoms with Crippen molar-refractivity contribution in [3.05, 3.63) is 28.5 Å². The van der Waals surface area contributed by atoms with Gasteiger partial charge in [0.15, 0.2) is 0 Å². The highest BCUT2D eigenvalue weighted by Gasteiger charge is 2.10. The van der Waals surface area contributed by atoms with Crippen molar-refractivity contribution < 1.29 is 5.11 Å². The van der Waals surface area contributed by atoms with Crippen LogP contribution < -0.4 is 5.32 Å². The number of nitrogens with one attached hydrogen (secondary N) is 1. The van der Waals surface area contributed by atoms with Crippen molar-refractivity contribution in [1.82, 2.24) is 10.3 Å². The number of hydrogen-bond acceptors (Lipinski definition) is 3. The maximum absolute atomic E-state index is 9.45. The molecule has 1 rings (SSSR count). The average Bonchev–Trinajstić information content (AvgIpc) is 2.06. The standard InChI is InChI=1S/C10H15BrN2O/c1-10(2,14)7-12-6-9-4-3-8(11)5-13-9/h3-5,12,14H,6-7H2,1-2H3. The summed E-state index contributed by atoms with van der Waals surface area (Å²) in [5, 5.41) is 12.6. The van der Waals surface area contributed by atoms with Gasteiger partial charge in [0.1, 0.15) is 0 Å². The van der Waals surface area contributed by atoms with Gasteiger partial charge in [-0.3, -0.25) is 4.98 Å². The van der Waals surface area contributed by atoms with E-state index in [1.165, 1.54) is 0 Å². The number of nitrogens with zero attached hydrogens (tertiary/aromatic N) is 1. The van der Waals surface area contributed by atoms with Crippen LogP contribution in [0.2, 0.25) is 0 Å². The van der Waals surface area contributed by atoms with Crippen molar-refractivity contribution >= 4 is 15.9 Å². The molecule has 0 bridgehead atoms. The first kappa shape index (κ1) is 11.6. The number of hydrogen-bond donors (Lipinski definition) is 2. The van der Waals surface area contributed by atoms with E-state index in [0.29, 0.717) is 13.1 Å². The summed E-state index contributed by atoms with van der Waals surface area (Å²) in [5.41, 5.74) is 0.299. The highest BCUT2D eigenvalue weighted by Crippen LogP contribution is 2.07. The van der Waals surface area contributed by atoms with Crippen LogP contribution in [-0.2, 0) is 6.54 Å². The Morgan fingerprint density at radius 3 is 2.71 bits per heavy atom. The largest absolute Gasteiger partial charge is 0.389 e. The van der Waals surface area contributed by atoms with Gasteiger partial charge in [0, 0.05) is 23.8 Å². The van der Waals surface area contributed by atoms with E-state index in [4.69, 9.17) is 0 Å². The molecule has 2 N–H and O–H groups in total. The first-order valence-electron chi connectivity index (χ1n) is 4.51. The van der Waals surface area contributed by atoms with Crippen LogP contribution >= 0.6 is 15.9 Å². The molecule has 0 amide bonds. The van der Waals surface area contributed by atoms with E-state index in [1.807, 2.05) is 12.1 Å². The number of halogens is 1. The zero-order chi connectivity index (χ0) is 10.6. The highest BCUT2D eigenvalue weighted by molar-refractivity contribution is 9.10. The van der Waals surface area contributed by atoms with Crippen LogP contribution in [0, 0.1) is 0 Å². The lowest BCUT2D eigenvalue weighted by molar-refractivity contribution is 0.0794. The second-order valence-corrected chi connectivity index (χ2v) is 4.80. The Morgan fingerprint density at radius 2 is 2.21 bits per heavy atom. The molecule has 4 heteroatoms. The van der Waals surface area contributed by atoms with Crippen LogP contribution in [0.4, 0.5) is 0 Å². The molecule has 1 aromatic heterocycles. The Bertz CT molecular complexity index is 279. The molecule has 0 aromatic carbocycles. The summed E-state index contributed by atoms with van der Waals surface area (Å²) in [5.74, 6) is 0. The number of pyridine rings is 1. The summed E-state index contributed by atoms with van der Waals surface area (Å²) in [6.45, 7) is 4.78. The zero-order valence-electron chi connectivity index (χ0n) is 8.42. The van der Waals surface area contributed by atoms with Gasteiger partial charge in [-0.2, -0.15) is 0 Å². The topological polar surface area (TPSA) is 45.1 Å². The molecule has 0 saturated heterocycles. The zero-order valence-corrected chi connectivity index (χ0v) is 10.0. The Morgan fingerprint density at radius 1 is 1.50 bits per heavy atom. The number of rotatable bonds is 4. The summed E-state index contributed by atoms with van der Waals surface area (Å²) >= 11 is 3.32. The molecule has 0 aliphatic carbocycles. The van der Waals surface area contributed by atoms with Gasteiger partial charge in [0.2, 0.25) is 0 Å². The molecule has 0 aliphatic rings. The van der Waals surface area contributed by atoms with Crippen molar-refractivity contribution in [3.8, 4) is 0 Å². The van der Waals surface area contributed by atoms with E-state index in [-0.39, 0.29) is 0 Å². The molecule has 1 aromatic rings. The maximum atomic E-state index is 9.45. The van der Waals surface area contributed by atoms with Gasteiger partial charge in [-0.25, -0.2) is 0 Å². The molecular weight excluding hydrogens is 244 g/mol. The van der Waals surface area contributed by atoms with E-state index in [1.54, 1.807) is 20.0 Å². The average molecular weight is 259 g/mol. The SMILES string of the molecule is CC(C)(O)CNCc1ccc(Br)cn1. The van der Waals surface area contributed by atoms with E-state index in [2.05, 4.69) is 26.2 Å². The first-order chi connectivity index (χ1) is 6.47. The summed E-state index contributed by atoms with van der Waals surface area (Å²) in [7, 11) is 0. The van der Waals surface area contributed by atoms with Crippen molar-refractivity contribution in [2.24, 2.45) is 0 Å². The third-order valence-corrected chi connectivity index (χ3v) is 2.12. The third kappa shape index (κ3) is 4.69. The molecule has 0 aliphatic heterocycles. The van der Waals surface area contributed by atoms with Crippen molar-refractivity contribution in [3.63, 3.8) is 0 Å². The molecule has 0 atom stereocenters. The summed E-state index contributed by atoms with van der Waals surface area (Å²) in [6.07, 6.45) is 1.76. The molecule has 78 valence electrons. The quantitative estimate of drug-likeness (QED) is 0.865. The Hall–Kier alpha value is -0.450. The summed E-state index contributed by atoms with van der Waals surface area (Å²) in [4.78, 5) is 4.21. The van der Waals surface area contributed by atoms with E-state index in [9.17, 15) is 5.11 Å². The van der Waals surface area contributed by atoms with Gasteiger partial charge in [-0.05, 0) is 41.9 Å².